The number of halogens is 4. The van der Waals surface area contributed by atoms with E-state index in [0.717, 1.165) is 11.3 Å². The number of aromatic nitrogens is 2. The molecule has 0 aliphatic heterocycles. The lowest BCUT2D eigenvalue weighted by atomic mass is 10.1. The van der Waals surface area contributed by atoms with Crippen molar-refractivity contribution >= 4 is 46.4 Å². The van der Waals surface area contributed by atoms with Crippen LogP contribution in [0, 0.1) is 19.7 Å². The molecule has 0 aliphatic rings. The molecule has 35 heavy (non-hydrogen) atoms. The molecule has 0 bridgehead atoms. The van der Waals surface area contributed by atoms with E-state index in [1.54, 1.807) is 60.1 Å². The minimum absolute atomic E-state index is 0.154. The number of aryl methyl sites for hydroxylation is 1. The number of hydrogen-bond donors (Lipinski definition) is 1. The van der Waals surface area contributed by atoms with Crippen molar-refractivity contribution in [2.45, 2.75) is 27.0 Å². The molecule has 0 atom stereocenters. The Morgan fingerprint density at radius 2 is 1.74 bits per heavy atom. The minimum atomic E-state index is -0.300. The number of rotatable bonds is 7. The van der Waals surface area contributed by atoms with Gasteiger partial charge in [-0.15, -0.1) is 0 Å². The Labute approximate surface area is 217 Å². The van der Waals surface area contributed by atoms with Gasteiger partial charge < -0.3 is 10.1 Å². The SMILES string of the molecule is Cc1nn(Cc2ccccc2F)c(C)c1NC(=O)c1cccc(COc2c(Cl)cc(Cl)cc2Cl)c1. The highest BCUT2D eigenvalue weighted by Crippen LogP contribution is 2.36. The van der Waals surface area contributed by atoms with E-state index >= 15 is 0 Å². The Hall–Kier alpha value is -3.06. The van der Waals surface area contributed by atoms with Crippen molar-refractivity contribution in [3.05, 3.63) is 110 Å². The van der Waals surface area contributed by atoms with Crippen LogP contribution in [-0.2, 0) is 13.2 Å². The van der Waals surface area contributed by atoms with E-state index in [4.69, 9.17) is 39.5 Å². The zero-order chi connectivity index (χ0) is 25.1. The fourth-order valence-corrected chi connectivity index (χ4v) is 4.56. The van der Waals surface area contributed by atoms with Gasteiger partial charge >= 0.3 is 0 Å². The van der Waals surface area contributed by atoms with Gasteiger partial charge in [-0.1, -0.05) is 65.1 Å². The van der Waals surface area contributed by atoms with Crippen LogP contribution in [0.3, 0.4) is 0 Å². The number of nitrogens with zero attached hydrogens (tertiary/aromatic N) is 2. The largest absolute Gasteiger partial charge is 0.486 e. The Bertz CT molecular complexity index is 1380. The summed E-state index contributed by atoms with van der Waals surface area (Å²) in [5, 5.41) is 8.42. The third-order valence-corrected chi connectivity index (χ3v) is 6.21. The number of carbonyl (C=O) groups is 1. The summed E-state index contributed by atoms with van der Waals surface area (Å²) >= 11 is 18.3. The third-order valence-electron chi connectivity index (χ3n) is 5.43. The van der Waals surface area contributed by atoms with Crippen LogP contribution in [0.2, 0.25) is 15.1 Å². The van der Waals surface area contributed by atoms with Gasteiger partial charge in [0.1, 0.15) is 12.4 Å². The van der Waals surface area contributed by atoms with Crippen LogP contribution in [0.1, 0.15) is 32.9 Å². The summed E-state index contributed by atoms with van der Waals surface area (Å²) in [5.41, 5.74) is 3.67. The van der Waals surface area contributed by atoms with Gasteiger partial charge in [0, 0.05) is 16.1 Å². The van der Waals surface area contributed by atoms with Crippen LogP contribution in [0.15, 0.2) is 60.7 Å². The average Bonchev–Trinajstić information content (AvgIpc) is 3.07. The number of nitrogens with one attached hydrogen (secondary N) is 1. The first-order valence-corrected chi connectivity index (χ1v) is 11.8. The zero-order valence-electron chi connectivity index (χ0n) is 18.9. The Balaban J connectivity index is 1.48. The Kier molecular flexibility index (Phi) is 7.65. The first-order chi connectivity index (χ1) is 16.7. The van der Waals surface area contributed by atoms with Gasteiger partial charge in [0.15, 0.2) is 5.75 Å². The van der Waals surface area contributed by atoms with E-state index in [1.807, 2.05) is 13.0 Å². The molecule has 1 amide bonds. The maximum Gasteiger partial charge on any atom is 0.255 e. The minimum Gasteiger partial charge on any atom is -0.486 e. The van der Waals surface area contributed by atoms with Crippen molar-refractivity contribution in [1.29, 1.82) is 0 Å². The van der Waals surface area contributed by atoms with Crippen LogP contribution in [0.4, 0.5) is 10.1 Å². The lowest BCUT2D eigenvalue weighted by molar-refractivity contribution is 0.102. The summed E-state index contributed by atoms with van der Waals surface area (Å²) in [6, 6.07) is 16.7. The summed E-state index contributed by atoms with van der Waals surface area (Å²) in [7, 11) is 0. The van der Waals surface area contributed by atoms with E-state index in [-0.39, 0.29) is 24.9 Å². The topological polar surface area (TPSA) is 56.2 Å². The smallest absolute Gasteiger partial charge is 0.255 e. The zero-order valence-corrected chi connectivity index (χ0v) is 21.2. The molecule has 0 saturated carbocycles. The first-order valence-electron chi connectivity index (χ1n) is 10.7. The molecule has 4 rings (SSSR count). The van der Waals surface area contributed by atoms with E-state index in [2.05, 4.69) is 10.4 Å². The fourth-order valence-electron chi connectivity index (χ4n) is 3.63. The van der Waals surface area contributed by atoms with Crippen molar-refractivity contribution in [1.82, 2.24) is 9.78 Å². The lowest BCUT2D eigenvalue weighted by Gasteiger charge is -2.12. The molecular weight excluding hydrogens is 512 g/mol. The highest BCUT2D eigenvalue weighted by Gasteiger charge is 2.17. The number of carbonyl (C=O) groups excluding carboxylic acids is 1. The third kappa shape index (κ3) is 5.78. The molecule has 3 aromatic carbocycles. The van der Waals surface area contributed by atoms with Gasteiger partial charge in [0.05, 0.1) is 33.7 Å². The molecule has 1 N–H and O–H groups in total. The van der Waals surface area contributed by atoms with E-state index < -0.39 is 0 Å². The number of hydrogen-bond acceptors (Lipinski definition) is 3. The van der Waals surface area contributed by atoms with Crippen LogP contribution in [-0.4, -0.2) is 15.7 Å². The normalized spacial score (nSPS) is 10.9. The highest BCUT2D eigenvalue weighted by molar-refractivity contribution is 6.40. The van der Waals surface area contributed by atoms with Gasteiger partial charge in [0.25, 0.3) is 5.91 Å². The molecule has 5 nitrogen and oxygen atoms in total. The van der Waals surface area contributed by atoms with Gasteiger partial charge in [-0.2, -0.15) is 5.10 Å². The predicted molar refractivity (Wildman–Crippen MR) is 137 cm³/mol. The molecule has 1 aromatic heterocycles. The number of amides is 1. The molecule has 0 unspecified atom stereocenters. The molecule has 9 heteroatoms. The highest BCUT2D eigenvalue weighted by atomic mass is 35.5. The van der Waals surface area contributed by atoms with Crippen LogP contribution >= 0.6 is 34.8 Å². The van der Waals surface area contributed by atoms with E-state index in [1.165, 1.54) is 6.07 Å². The van der Waals surface area contributed by atoms with Crippen molar-refractivity contribution in [2.24, 2.45) is 0 Å². The quantitative estimate of drug-likeness (QED) is 0.268. The molecular formula is C26H21Cl3FN3O2. The van der Waals surface area contributed by atoms with Gasteiger partial charge in [-0.3, -0.25) is 9.48 Å². The van der Waals surface area contributed by atoms with Crippen LogP contribution < -0.4 is 10.1 Å². The van der Waals surface area contributed by atoms with Gasteiger partial charge in [0.2, 0.25) is 0 Å². The molecule has 0 spiro atoms. The first kappa shape index (κ1) is 25.0. The van der Waals surface area contributed by atoms with Crippen molar-refractivity contribution < 1.29 is 13.9 Å². The summed E-state index contributed by atoms with van der Waals surface area (Å²) in [6.07, 6.45) is 0. The second kappa shape index (κ2) is 10.7. The summed E-state index contributed by atoms with van der Waals surface area (Å²) in [4.78, 5) is 13.0. The molecule has 0 radical (unpaired) electrons. The second-order valence-electron chi connectivity index (χ2n) is 7.94. The molecule has 0 fully saturated rings. The lowest BCUT2D eigenvalue weighted by Crippen LogP contribution is -2.14. The van der Waals surface area contributed by atoms with Crippen LogP contribution in [0.5, 0.6) is 5.75 Å². The molecule has 0 aliphatic carbocycles. The van der Waals surface area contributed by atoms with Crippen molar-refractivity contribution in [3.8, 4) is 5.75 Å². The summed E-state index contributed by atoms with van der Waals surface area (Å²) in [5.74, 6) is -0.280. The fraction of sp³-hybridized carbons (Fsp3) is 0.154. The van der Waals surface area contributed by atoms with E-state index in [0.29, 0.717) is 43.3 Å². The standard InChI is InChI=1S/C26H21Cl3FN3O2/c1-15-24(16(2)33(32-15)13-19-7-3-4-9-23(19)30)31-26(34)18-8-5-6-17(10-18)14-35-25-21(28)11-20(27)12-22(25)29/h3-12H,13-14H2,1-2H3,(H,31,34). The predicted octanol–water partition coefficient (Wildman–Crippen LogP) is 7.48. The Morgan fingerprint density at radius 1 is 1.03 bits per heavy atom. The molecule has 0 saturated heterocycles. The second-order valence-corrected chi connectivity index (χ2v) is 9.19. The molecule has 1 heterocycles. The number of anilines is 1. The maximum atomic E-state index is 14.1. The van der Waals surface area contributed by atoms with Gasteiger partial charge in [-0.05, 0) is 49.7 Å². The number of benzene rings is 3. The van der Waals surface area contributed by atoms with E-state index in [9.17, 15) is 9.18 Å². The Morgan fingerprint density at radius 3 is 2.46 bits per heavy atom. The maximum absolute atomic E-state index is 14.1. The summed E-state index contributed by atoms with van der Waals surface area (Å²) < 4.78 is 21.5. The van der Waals surface area contributed by atoms with Crippen molar-refractivity contribution in [2.75, 3.05) is 5.32 Å². The summed E-state index contributed by atoms with van der Waals surface area (Å²) in [6.45, 7) is 4.04. The average molecular weight is 533 g/mol. The van der Waals surface area contributed by atoms with Crippen LogP contribution in [0.25, 0.3) is 0 Å². The number of ether oxygens (including phenoxy) is 1. The molecule has 180 valence electrons. The monoisotopic (exact) mass is 531 g/mol. The van der Waals surface area contributed by atoms with Crippen molar-refractivity contribution in [3.63, 3.8) is 0 Å². The molecule has 4 aromatic rings. The van der Waals surface area contributed by atoms with Gasteiger partial charge in [-0.25, -0.2) is 4.39 Å².